The molecule has 1 saturated heterocycles. The van der Waals surface area contributed by atoms with Crippen molar-refractivity contribution in [3.8, 4) is 0 Å². The van der Waals surface area contributed by atoms with E-state index in [-0.39, 0.29) is 12.4 Å². The van der Waals surface area contributed by atoms with Gasteiger partial charge < -0.3 is 20.7 Å². The molecule has 0 radical (unpaired) electrons. The van der Waals surface area contributed by atoms with Gasteiger partial charge in [-0.25, -0.2) is 4.79 Å². The van der Waals surface area contributed by atoms with Gasteiger partial charge in [0.25, 0.3) is 0 Å². The molecular formula is C12H18ClN3O4. The zero-order chi connectivity index (χ0) is 14.9. The lowest BCUT2D eigenvalue weighted by atomic mass is 9.92. The van der Waals surface area contributed by atoms with E-state index in [2.05, 4.69) is 4.98 Å². The van der Waals surface area contributed by atoms with Gasteiger partial charge >= 0.3 is 5.69 Å². The van der Waals surface area contributed by atoms with E-state index in [1.54, 1.807) is 0 Å². The summed E-state index contributed by atoms with van der Waals surface area (Å²) in [6, 6.07) is 1.44. The Morgan fingerprint density at radius 3 is 2.90 bits per heavy atom. The molecule has 4 atom stereocenters. The number of aromatic nitrogens is 2. The second-order valence-corrected chi connectivity index (χ2v) is 5.42. The van der Waals surface area contributed by atoms with Crippen molar-refractivity contribution in [2.45, 2.75) is 43.1 Å². The fourth-order valence-electron chi connectivity index (χ4n) is 2.49. The molecule has 1 aromatic heterocycles. The smallest absolute Gasteiger partial charge is 0.351 e. The number of aliphatic hydroxyl groups excluding tert-OH is 2. The maximum atomic E-state index is 11.8. The summed E-state index contributed by atoms with van der Waals surface area (Å²) in [7, 11) is 0. The Morgan fingerprint density at radius 1 is 1.65 bits per heavy atom. The van der Waals surface area contributed by atoms with E-state index >= 15 is 0 Å². The van der Waals surface area contributed by atoms with Gasteiger partial charge in [0.15, 0.2) is 6.23 Å². The quantitative estimate of drug-likeness (QED) is 0.667. The molecule has 2 rings (SSSR count). The first-order valence-corrected chi connectivity index (χ1v) is 6.84. The number of hydrogen-bond donors (Lipinski definition) is 3. The lowest BCUT2D eigenvalue weighted by Gasteiger charge is -2.29. The molecule has 0 spiro atoms. The molecule has 1 aromatic rings. The van der Waals surface area contributed by atoms with Crippen molar-refractivity contribution in [1.82, 2.24) is 9.55 Å². The van der Waals surface area contributed by atoms with E-state index in [0.29, 0.717) is 12.8 Å². The third-order valence-corrected chi connectivity index (χ3v) is 3.99. The van der Waals surface area contributed by atoms with Crippen LogP contribution in [0.2, 0.25) is 0 Å². The van der Waals surface area contributed by atoms with Gasteiger partial charge in [-0.3, -0.25) is 4.57 Å². The molecule has 0 saturated carbocycles. The Kier molecular flexibility index (Phi) is 4.33. The monoisotopic (exact) mass is 303 g/mol. The first-order chi connectivity index (χ1) is 9.45. The minimum absolute atomic E-state index is 0.0953. The van der Waals surface area contributed by atoms with E-state index in [4.69, 9.17) is 22.1 Å². The molecule has 0 amide bonds. The number of halogens is 1. The van der Waals surface area contributed by atoms with E-state index in [9.17, 15) is 15.0 Å². The van der Waals surface area contributed by atoms with Gasteiger partial charge in [0.2, 0.25) is 0 Å². The molecule has 20 heavy (non-hydrogen) atoms. The highest BCUT2D eigenvalue weighted by molar-refractivity contribution is 6.21. The minimum Gasteiger partial charge on any atom is -0.393 e. The Bertz CT molecular complexity index is 538. The zero-order valence-electron chi connectivity index (χ0n) is 11.1. The van der Waals surface area contributed by atoms with Crippen LogP contribution in [0.25, 0.3) is 0 Å². The summed E-state index contributed by atoms with van der Waals surface area (Å²) in [5.41, 5.74) is 3.65. The standard InChI is InChI=1S/C12H18ClN3O4/c1-2-4-12(6-17)9(18)8(13)10(20-12)16-5-3-7(14)15-11(16)19/h3,5,8-10,17-18H,2,4,6H2,1H3,(H2,14,15,19)/t8-,9+,10-,12-/m1/s1. The van der Waals surface area contributed by atoms with Gasteiger partial charge in [-0.2, -0.15) is 4.98 Å². The van der Waals surface area contributed by atoms with Gasteiger partial charge in [-0.15, -0.1) is 11.6 Å². The van der Waals surface area contributed by atoms with Crippen LogP contribution in [0.4, 0.5) is 5.82 Å². The van der Waals surface area contributed by atoms with Crippen LogP contribution < -0.4 is 11.4 Å². The molecule has 0 aromatic carbocycles. The van der Waals surface area contributed by atoms with Crippen molar-refractivity contribution in [3.63, 3.8) is 0 Å². The molecule has 0 unspecified atom stereocenters. The fraction of sp³-hybridized carbons (Fsp3) is 0.667. The molecule has 8 heteroatoms. The number of nitrogens with zero attached hydrogens (tertiary/aromatic N) is 2. The number of hydrogen-bond acceptors (Lipinski definition) is 6. The van der Waals surface area contributed by atoms with Crippen LogP contribution >= 0.6 is 11.6 Å². The summed E-state index contributed by atoms with van der Waals surface area (Å²) in [5, 5.41) is 18.9. The Morgan fingerprint density at radius 2 is 2.35 bits per heavy atom. The van der Waals surface area contributed by atoms with Gasteiger partial charge in [-0.1, -0.05) is 13.3 Å². The van der Waals surface area contributed by atoms with Crippen molar-refractivity contribution in [3.05, 3.63) is 22.7 Å². The van der Waals surface area contributed by atoms with E-state index in [1.165, 1.54) is 16.8 Å². The number of nitrogen functional groups attached to an aromatic ring is 1. The zero-order valence-corrected chi connectivity index (χ0v) is 11.8. The molecular weight excluding hydrogens is 286 g/mol. The van der Waals surface area contributed by atoms with Crippen molar-refractivity contribution >= 4 is 17.4 Å². The van der Waals surface area contributed by atoms with Crippen LogP contribution in [-0.2, 0) is 4.74 Å². The van der Waals surface area contributed by atoms with E-state index in [1.807, 2.05) is 6.92 Å². The lowest BCUT2D eigenvalue weighted by molar-refractivity contribution is -0.132. The predicted molar refractivity (Wildman–Crippen MR) is 73.4 cm³/mol. The van der Waals surface area contributed by atoms with E-state index < -0.39 is 29.0 Å². The molecule has 7 nitrogen and oxygen atoms in total. The number of alkyl halides is 1. The molecule has 0 bridgehead atoms. The third kappa shape index (κ3) is 2.42. The second-order valence-electron chi connectivity index (χ2n) is 4.91. The SMILES string of the molecule is CCC[C@]1(CO)O[C@@H](n2ccc(N)nc2=O)[C@H](Cl)[C@@H]1O. The van der Waals surface area contributed by atoms with Crippen LogP contribution in [0.15, 0.2) is 17.1 Å². The Hall–Kier alpha value is -1.15. The van der Waals surface area contributed by atoms with Crippen LogP contribution in [0.5, 0.6) is 0 Å². The minimum atomic E-state index is -1.16. The molecule has 0 aliphatic carbocycles. The van der Waals surface area contributed by atoms with Crippen LogP contribution in [0.3, 0.4) is 0 Å². The summed E-state index contributed by atoms with van der Waals surface area (Å²) in [4.78, 5) is 15.4. The predicted octanol–water partition coefficient (Wildman–Crippen LogP) is -0.146. The van der Waals surface area contributed by atoms with Crippen molar-refractivity contribution in [2.24, 2.45) is 0 Å². The number of anilines is 1. The summed E-state index contributed by atoms with van der Waals surface area (Å²) >= 11 is 6.17. The van der Waals surface area contributed by atoms with Gasteiger partial charge in [0.1, 0.15) is 22.9 Å². The highest BCUT2D eigenvalue weighted by atomic mass is 35.5. The van der Waals surface area contributed by atoms with Crippen molar-refractivity contribution in [1.29, 1.82) is 0 Å². The number of aliphatic hydroxyl groups is 2. The summed E-state index contributed by atoms with van der Waals surface area (Å²) < 4.78 is 6.89. The molecule has 1 aliphatic heterocycles. The number of ether oxygens (including phenoxy) is 1. The maximum absolute atomic E-state index is 11.8. The topological polar surface area (TPSA) is 111 Å². The Labute approximate surface area is 121 Å². The van der Waals surface area contributed by atoms with Crippen LogP contribution in [0, 0.1) is 0 Å². The Balaban J connectivity index is 2.37. The maximum Gasteiger partial charge on any atom is 0.351 e. The summed E-state index contributed by atoms with van der Waals surface area (Å²) in [5.74, 6) is 0.0953. The van der Waals surface area contributed by atoms with Crippen LogP contribution in [-0.4, -0.2) is 43.5 Å². The molecule has 4 N–H and O–H groups in total. The average molecular weight is 304 g/mol. The molecule has 1 aliphatic rings. The fourth-order valence-corrected chi connectivity index (χ4v) is 2.89. The average Bonchev–Trinajstić information content (AvgIpc) is 2.65. The third-order valence-electron chi connectivity index (χ3n) is 3.54. The largest absolute Gasteiger partial charge is 0.393 e. The van der Waals surface area contributed by atoms with E-state index in [0.717, 1.165) is 0 Å². The molecule has 1 fully saturated rings. The van der Waals surface area contributed by atoms with Crippen LogP contribution in [0.1, 0.15) is 26.0 Å². The summed E-state index contributed by atoms with van der Waals surface area (Å²) in [6.07, 6.45) is 0.566. The van der Waals surface area contributed by atoms with Crippen molar-refractivity contribution in [2.75, 3.05) is 12.3 Å². The summed E-state index contributed by atoms with van der Waals surface area (Å²) in [6.45, 7) is 1.53. The van der Waals surface area contributed by atoms with Gasteiger partial charge in [0, 0.05) is 6.20 Å². The van der Waals surface area contributed by atoms with Crippen molar-refractivity contribution < 1.29 is 14.9 Å². The first kappa shape index (κ1) is 15.2. The normalized spacial score (nSPS) is 33.5. The second kappa shape index (κ2) is 5.69. The number of rotatable bonds is 4. The highest BCUT2D eigenvalue weighted by Gasteiger charge is 2.54. The highest BCUT2D eigenvalue weighted by Crippen LogP contribution is 2.42. The molecule has 112 valence electrons. The van der Waals surface area contributed by atoms with Gasteiger partial charge in [-0.05, 0) is 12.5 Å². The molecule has 2 heterocycles. The number of nitrogens with two attached hydrogens (primary N) is 1. The first-order valence-electron chi connectivity index (χ1n) is 6.40. The van der Waals surface area contributed by atoms with Gasteiger partial charge in [0.05, 0.1) is 6.61 Å². The lowest BCUT2D eigenvalue weighted by Crippen LogP contribution is -2.45.